The van der Waals surface area contributed by atoms with Crippen molar-refractivity contribution in [1.29, 1.82) is 0 Å². The zero-order valence-corrected chi connectivity index (χ0v) is 13.4. The van der Waals surface area contributed by atoms with Crippen LogP contribution < -0.4 is 0 Å². The molecule has 6 heteroatoms. The van der Waals surface area contributed by atoms with Crippen molar-refractivity contribution in [3.63, 3.8) is 0 Å². The topological polar surface area (TPSA) is 68.3 Å². The zero-order chi connectivity index (χ0) is 14.8. The molecular weight excluding hydrogens is 284 g/mol. The molecule has 0 aliphatic rings. The van der Waals surface area contributed by atoms with E-state index in [0.29, 0.717) is 0 Å². The molecule has 19 heavy (non-hydrogen) atoms. The minimum Gasteiger partial charge on any atom is -0.229 e. The molecule has 108 valence electrons. The fraction of sp³-hybridized carbons (Fsp3) is 0.538. The van der Waals surface area contributed by atoms with Crippen molar-refractivity contribution in [1.82, 2.24) is 0 Å². The predicted molar refractivity (Wildman–Crippen MR) is 77.9 cm³/mol. The Morgan fingerprint density at radius 2 is 1.37 bits per heavy atom. The molecule has 1 aromatic rings. The van der Waals surface area contributed by atoms with Gasteiger partial charge in [0.05, 0.1) is 17.3 Å². The molecule has 0 N–H and O–H groups in total. The number of hydrogen-bond donors (Lipinski definition) is 0. The van der Waals surface area contributed by atoms with Gasteiger partial charge in [-0.25, -0.2) is 16.8 Å². The smallest absolute Gasteiger partial charge is 0.155 e. The molecule has 0 atom stereocenters. The first kappa shape index (κ1) is 16.2. The Morgan fingerprint density at radius 1 is 0.895 bits per heavy atom. The largest absolute Gasteiger partial charge is 0.229 e. The summed E-state index contributed by atoms with van der Waals surface area (Å²) in [6.07, 6.45) is 1.05. The molecule has 0 aliphatic heterocycles. The molecule has 1 rings (SSSR count). The van der Waals surface area contributed by atoms with Crippen LogP contribution in [-0.4, -0.2) is 34.6 Å². The van der Waals surface area contributed by atoms with Crippen LogP contribution in [0.15, 0.2) is 12.1 Å². The number of aryl methyl sites for hydroxylation is 3. The SMILES string of the molecule is Cc1cc(C)c(CS(=O)(=O)CCS(C)(=O)=O)c(C)c1. The van der Waals surface area contributed by atoms with Crippen LogP contribution in [0, 0.1) is 20.8 Å². The minimum absolute atomic E-state index is 0.0968. The Bertz CT molecular complexity index is 648. The summed E-state index contributed by atoms with van der Waals surface area (Å²) in [6.45, 7) is 5.71. The first-order valence-corrected chi connectivity index (χ1v) is 9.83. The normalized spacial score (nSPS) is 12.6. The van der Waals surface area contributed by atoms with Crippen LogP contribution in [0.1, 0.15) is 22.3 Å². The van der Waals surface area contributed by atoms with Gasteiger partial charge in [-0.2, -0.15) is 0 Å². The molecule has 0 amide bonds. The number of hydrogen-bond acceptors (Lipinski definition) is 4. The fourth-order valence-electron chi connectivity index (χ4n) is 2.01. The van der Waals surface area contributed by atoms with E-state index in [1.807, 2.05) is 32.9 Å². The molecule has 0 fully saturated rings. The van der Waals surface area contributed by atoms with E-state index >= 15 is 0 Å². The van der Waals surface area contributed by atoms with Crippen LogP contribution in [0.2, 0.25) is 0 Å². The molecule has 0 saturated heterocycles. The maximum Gasteiger partial charge on any atom is 0.155 e. The van der Waals surface area contributed by atoms with Gasteiger partial charge >= 0.3 is 0 Å². The highest BCUT2D eigenvalue weighted by atomic mass is 32.2. The number of sulfone groups is 2. The van der Waals surface area contributed by atoms with Gasteiger partial charge in [-0.3, -0.25) is 0 Å². The van der Waals surface area contributed by atoms with Crippen molar-refractivity contribution in [2.24, 2.45) is 0 Å². The summed E-state index contributed by atoms with van der Waals surface area (Å²) in [5, 5.41) is 0. The van der Waals surface area contributed by atoms with Crippen LogP contribution in [0.25, 0.3) is 0 Å². The van der Waals surface area contributed by atoms with Gasteiger partial charge in [0, 0.05) is 6.26 Å². The van der Waals surface area contributed by atoms with E-state index in [4.69, 9.17) is 0 Å². The van der Waals surface area contributed by atoms with E-state index in [9.17, 15) is 16.8 Å². The van der Waals surface area contributed by atoms with Crippen LogP contribution in [0.4, 0.5) is 0 Å². The maximum absolute atomic E-state index is 12.0. The highest BCUT2D eigenvalue weighted by Gasteiger charge is 2.18. The number of rotatable bonds is 5. The lowest BCUT2D eigenvalue weighted by Crippen LogP contribution is -2.18. The second-order valence-electron chi connectivity index (χ2n) is 5.10. The number of benzene rings is 1. The van der Waals surface area contributed by atoms with Crippen LogP contribution in [0.5, 0.6) is 0 Å². The summed E-state index contributed by atoms with van der Waals surface area (Å²) >= 11 is 0. The molecule has 1 aromatic carbocycles. The Hall–Kier alpha value is -0.880. The van der Waals surface area contributed by atoms with Crippen LogP contribution in [-0.2, 0) is 25.4 Å². The van der Waals surface area contributed by atoms with Crippen molar-refractivity contribution in [3.8, 4) is 0 Å². The van der Waals surface area contributed by atoms with Gasteiger partial charge in [0.2, 0.25) is 0 Å². The van der Waals surface area contributed by atoms with Crippen molar-refractivity contribution < 1.29 is 16.8 Å². The second-order valence-corrected chi connectivity index (χ2v) is 9.54. The third kappa shape index (κ3) is 5.32. The standard InChI is InChI=1S/C13H20O4S2/c1-10-7-11(2)13(12(3)8-10)9-19(16,17)6-5-18(4,14)15/h7-8H,5-6,9H2,1-4H3. The first-order valence-electron chi connectivity index (χ1n) is 5.95. The minimum atomic E-state index is -3.40. The highest BCUT2D eigenvalue weighted by molar-refractivity contribution is 7.94. The van der Waals surface area contributed by atoms with Gasteiger partial charge < -0.3 is 0 Å². The molecule has 0 aliphatic carbocycles. The summed E-state index contributed by atoms with van der Waals surface area (Å²) in [5.74, 6) is -0.738. The Kier molecular flexibility index (Phi) is 4.79. The molecule has 0 aromatic heterocycles. The highest BCUT2D eigenvalue weighted by Crippen LogP contribution is 2.19. The lowest BCUT2D eigenvalue weighted by molar-refractivity contribution is 0.589. The lowest BCUT2D eigenvalue weighted by Gasteiger charge is -2.11. The monoisotopic (exact) mass is 304 g/mol. The molecular formula is C13H20O4S2. The molecule has 0 radical (unpaired) electrons. The van der Waals surface area contributed by atoms with Crippen molar-refractivity contribution >= 4 is 19.7 Å². The molecule has 0 saturated carbocycles. The summed E-state index contributed by atoms with van der Waals surface area (Å²) in [5.41, 5.74) is 3.73. The maximum atomic E-state index is 12.0. The average Bonchev–Trinajstić information content (AvgIpc) is 2.20. The van der Waals surface area contributed by atoms with Gasteiger partial charge in [0.25, 0.3) is 0 Å². The summed E-state index contributed by atoms with van der Waals surface area (Å²) < 4.78 is 46.0. The predicted octanol–water partition coefficient (Wildman–Crippen LogP) is 1.57. The quantitative estimate of drug-likeness (QED) is 0.828. The molecule has 0 heterocycles. The average molecular weight is 304 g/mol. The Balaban J connectivity index is 2.96. The third-order valence-electron chi connectivity index (χ3n) is 2.97. The molecule has 0 unspecified atom stereocenters. The lowest BCUT2D eigenvalue weighted by atomic mass is 10.0. The fourth-order valence-corrected chi connectivity index (χ4v) is 5.27. The van der Waals surface area contributed by atoms with Crippen molar-refractivity contribution in [2.45, 2.75) is 26.5 Å². The van der Waals surface area contributed by atoms with Crippen LogP contribution in [0.3, 0.4) is 0 Å². The van der Waals surface area contributed by atoms with Gasteiger partial charge in [-0.15, -0.1) is 0 Å². The van der Waals surface area contributed by atoms with E-state index in [2.05, 4.69) is 0 Å². The van der Waals surface area contributed by atoms with E-state index < -0.39 is 19.7 Å². The first-order chi connectivity index (χ1) is 8.50. The summed E-state index contributed by atoms with van der Waals surface area (Å²) in [6, 6.07) is 3.88. The van der Waals surface area contributed by atoms with Gasteiger partial charge in [0.1, 0.15) is 9.84 Å². The van der Waals surface area contributed by atoms with E-state index in [1.165, 1.54) is 0 Å². The second kappa shape index (κ2) is 5.63. The van der Waals surface area contributed by atoms with E-state index in [0.717, 1.165) is 28.5 Å². The van der Waals surface area contributed by atoms with Gasteiger partial charge in [-0.1, -0.05) is 17.7 Å². The zero-order valence-electron chi connectivity index (χ0n) is 11.7. The van der Waals surface area contributed by atoms with Crippen molar-refractivity contribution in [2.75, 3.05) is 17.8 Å². The van der Waals surface area contributed by atoms with Gasteiger partial charge in [0.15, 0.2) is 9.84 Å². The third-order valence-corrected chi connectivity index (χ3v) is 5.73. The van der Waals surface area contributed by atoms with Crippen LogP contribution >= 0.6 is 0 Å². The van der Waals surface area contributed by atoms with E-state index in [1.54, 1.807) is 0 Å². The molecule has 4 nitrogen and oxygen atoms in total. The summed E-state index contributed by atoms with van der Waals surface area (Å²) in [4.78, 5) is 0. The summed E-state index contributed by atoms with van der Waals surface area (Å²) in [7, 11) is -6.66. The van der Waals surface area contributed by atoms with E-state index in [-0.39, 0.29) is 17.3 Å². The molecule has 0 bridgehead atoms. The molecule has 0 spiro atoms. The van der Waals surface area contributed by atoms with Crippen molar-refractivity contribution in [3.05, 3.63) is 34.4 Å². The Labute approximate surface area is 115 Å². The Morgan fingerprint density at radius 3 is 1.79 bits per heavy atom. The van der Waals surface area contributed by atoms with Gasteiger partial charge in [-0.05, 0) is 37.5 Å².